The van der Waals surface area contributed by atoms with Gasteiger partial charge in [0.05, 0.1) is 6.42 Å². The lowest BCUT2D eigenvalue weighted by Crippen LogP contribution is -2.27. The van der Waals surface area contributed by atoms with E-state index in [1.807, 2.05) is 36.0 Å². The van der Waals surface area contributed by atoms with Crippen molar-refractivity contribution in [2.45, 2.75) is 12.2 Å². The average Bonchev–Trinajstić information content (AvgIpc) is 2.94. The molecule has 1 heterocycles. The minimum atomic E-state index is 0.0865. The molecule has 0 aliphatic rings. The zero-order valence-corrected chi connectivity index (χ0v) is 14.2. The molecule has 0 aliphatic carbocycles. The summed E-state index contributed by atoms with van der Waals surface area (Å²) in [6.07, 6.45) is 0.447. The van der Waals surface area contributed by atoms with Crippen LogP contribution in [0.2, 0.25) is 0 Å². The Bertz CT molecular complexity index is 525. The number of rotatable bonds is 7. The van der Waals surface area contributed by atoms with E-state index in [2.05, 4.69) is 38.1 Å². The molecule has 106 valence electrons. The molecule has 0 unspecified atom stereocenters. The highest BCUT2D eigenvalue weighted by Gasteiger charge is 2.02. The molecule has 1 N–H and O–H groups in total. The lowest BCUT2D eigenvalue weighted by molar-refractivity contribution is -0.120. The second kappa shape index (κ2) is 8.49. The second-order valence-corrected chi connectivity index (χ2v) is 7.14. The summed E-state index contributed by atoms with van der Waals surface area (Å²) in [5.41, 5.74) is 2.40. The molecule has 0 radical (unpaired) electrons. The molecular formula is C15H16BrNOS2. The first kappa shape index (κ1) is 15.6. The van der Waals surface area contributed by atoms with Crippen molar-refractivity contribution in [2.75, 3.05) is 12.3 Å². The predicted molar refractivity (Wildman–Crippen MR) is 91.3 cm³/mol. The molecule has 0 atom stereocenters. The standard InChI is InChI=1S/C15H16BrNOS2/c16-14-3-1-12(2-4-14)9-15(18)17-6-8-20-11-13-5-7-19-10-13/h1-5,7,10H,6,8-9,11H2,(H,17,18). The van der Waals surface area contributed by atoms with E-state index in [1.165, 1.54) is 5.56 Å². The van der Waals surface area contributed by atoms with Crippen LogP contribution in [0.25, 0.3) is 0 Å². The van der Waals surface area contributed by atoms with Crippen molar-refractivity contribution in [3.63, 3.8) is 0 Å². The van der Waals surface area contributed by atoms with Gasteiger partial charge in [0.25, 0.3) is 0 Å². The smallest absolute Gasteiger partial charge is 0.224 e. The van der Waals surface area contributed by atoms with Crippen molar-refractivity contribution in [3.05, 3.63) is 56.7 Å². The van der Waals surface area contributed by atoms with E-state index in [0.29, 0.717) is 6.42 Å². The number of carbonyl (C=O) groups is 1. The summed E-state index contributed by atoms with van der Waals surface area (Å²) in [6, 6.07) is 9.99. The van der Waals surface area contributed by atoms with Crippen LogP contribution >= 0.6 is 39.0 Å². The Balaban J connectivity index is 1.59. The van der Waals surface area contributed by atoms with Crippen LogP contribution in [0.4, 0.5) is 0 Å². The van der Waals surface area contributed by atoms with Crippen molar-refractivity contribution in [3.8, 4) is 0 Å². The van der Waals surface area contributed by atoms with Crippen molar-refractivity contribution in [2.24, 2.45) is 0 Å². The Morgan fingerprint density at radius 2 is 2.00 bits per heavy atom. The first-order valence-corrected chi connectivity index (χ1v) is 9.23. The second-order valence-electron chi connectivity index (χ2n) is 4.34. The third kappa shape index (κ3) is 5.69. The molecule has 1 amide bonds. The number of amides is 1. The fraction of sp³-hybridized carbons (Fsp3) is 0.267. The number of benzene rings is 1. The average molecular weight is 370 g/mol. The van der Waals surface area contributed by atoms with Gasteiger partial charge in [0, 0.05) is 22.5 Å². The first-order chi connectivity index (χ1) is 9.74. The Labute approximate surface area is 136 Å². The van der Waals surface area contributed by atoms with Gasteiger partial charge in [-0.05, 0) is 40.1 Å². The van der Waals surface area contributed by atoms with Crippen LogP contribution in [-0.4, -0.2) is 18.2 Å². The van der Waals surface area contributed by atoms with Crippen LogP contribution in [0, 0.1) is 0 Å². The predicted octanol–water partition coefficient (Wildman–Crippen LogP) is 4.10. The highest BCUT2D eigenvalue weighted by Crippen LogP contribution is 2.14. The Kier molecular flexibility index (Phi) is 6.63. The molecule has 1 aromatic heterocycles. The number of carbonyl (C=O) groups excluding carboxylic acids is 1. The van der Waals surface area contributed by atoms with Gasteiger partial charge in [-0.25, -0.2) is 0 Å². The molecule has 0 saturated heterocycles. The van der Waals surface area contributed by atoms with E-state index >= 15 is 0 Å². The summed E-state index contributed by atoms with van der Waals surface area (Å²) >= 11 is 6.96. The zero-order chi connectivity index (χ0) is 14.2. The maximum atomic E-state index is 11.8. The van der Waals surface area contributed by atoms with Gasteiger partial charge in [0.2, 0.25) is 5.91 Å². The Morgan fingerprint density at radius 1 is 1.20 bits per heavy atom. The van der Waals surface area contributed by atoms with Gasteiger partial charge in [-0.2, -0.15) is 23.1 Å². The molecule has 1 aromatic carbocycles. The molecule has 2 rings (SSSR count). The van der Waals surface area contributed by atoms with Crippen molar-refractivity contribution in [1.29, 1.82) is 0 Å². The monoisotopic (exact) mass is 369 g/mol. The maximum absolute atomic E-state index is 11.8. The number of thioether (sulfide) groups is 1. The normalized spacial score (nSPS) is 10.4. The number of halogens is 1. The van der Waals surface area contributed by atoms with Crippen LogP contribution in [-0.2, 0) is 17.0 Å². The van der Waals surface area contributed by atoms with Crippen molar-refractivity contribution >= 4 is 44.9 Å². The molecule has 5 heteroatoms. The molecule has 0 bridgehead atoms. The third-order valence-corrected chi connectivity index (χ3v) is 4.99. The van der Waals surface area contributed by atoms with Gasteiger partial charge in [0.1, 0.15) is 0 Å². The van der Waals surface area contributed by atoms with Crippen LogP contribution < -0.4 is 5.32 Å². The van der Waals surface area contributed by atoms with Gasteiger partial charge in [-0.3, -0.25) is 4.79 Å². The van der Waals surface area contributed by atoms with E-state index in [0.717, 1.165) is 28.1 Å². The Morgan fingerprint density at radius 3 is 2.70 bits per heavy atom. The third-order valence-electron chi connectivity index (χ3n) is 2.70. The molecule has 0 saturated carbocycles. The van der Waals surface area contributed by atoms with E-state index in [1.54, 1.807) is 11.3 Å². The molecule has 20 heavy (non-hydrogen) atoms. The van der Waals surface area contributed by atoms with Gasteiger partial charge >= 0.3 is 0 Å². The summed E-state index contributed by atoms with van der Waals surface area (Å²) in [5.74, 6) is 2.05. The Hall–Kier alpha value is -0.780. The van der Waals surface area contributed by atoms with Crippen LogP contribution in [0.15, 0.2) is 45.6 Å². The van der Waals surface area contributed by atoms with Crippen LogP contribution in [0.3, 0.4) is 0 Å². The van der Waals surface area contributed by atoms with Gasteiger partial charge in [-0.15, -0.1) is 0 Å². The topological polar surface area (TPSA) is 29.1 Å². The van der Waals surface area contributed by atoms with Crippen LogP contribution in [0.5, 0.6) is 0 Å². The molecule has 2 nitrogen and oxygen atoms in total. The zero-order valence-electron chi connectivity index (χ0n) is 11.0. The summed E-state index contributed by atoms with van der Waals surface area (Å²) < 4.78 is 1.03. The largest absolute Gasteiger partial charge is 0.355 e. The summed E-state index contributed by atoms with van der Waals surface area (Å²) in [7, 11) is 0. The number of nitrogens with one attached hydrogen (secondary N) is 1. The van der Waals surface area contributed by atoms with Gasteiger partial charge in [-0.1, -0.05) is 28.1 Å². The first-order valence-electron chi connectivity index (χ1n) is 6.34. The number of hydrogen-bond donors (Lipinski definition) is 1. The summed E-state index contributed by atoms with van der Waals surface area (Å²) in [5, 5.41) is 7.22. The lowest BCUT2D eigenvalue weighted by Gasteiger charge is -2.05. The molecule has 0 aliphatic heterocycles. The molecule has 0 fully saturated rings. The quantitative estimate of drug-likeness (QED) is 0.744. The highest BCUT2D eigenvalue weighted by atomic mass is 79.9. The highest BCUT2D eigenvalue weighted by molar-refractivity contribution is 9.10. The minimum absolute atomic E-state index is 0.0865. The van der Waals surface area contributed by atoms with Crippen molar-refractivity contribution < 1.29 is 4.79 Å². The SMILES string of the molecule is O=C(Cc1ccc(Br)cc1)NCCSCc1ccsc1. The molecular weight excluding hydrogens is 354 g/mol. The van der Waals surface area contributed by atoms with Gasteiger partial charge < -0.3 is 5.32 Å². The van der Waals surface area contributed by atoms with E-state index in [9.17, 15) is 4.79 Å². The summed E-state index contributed by atoms with van der Waals surface area (Å²) in [6.45, 7) is 0.726. The number of hydrogen-bond acceptors (Lipinski definition) is 3. The molecule has 2 aromatic rings. The maximum Gasteiger partial charge on any atom is 0.224 e. The van der Waals surface area contributed by atoms with E-state index < -0.39 is 0 Å². The fourth-order valence-corrected chi connectivity index (χ4v) is 3.52. The van der Waals surface area contributed by atoms with Crippen molar-refractivity contribution in [1.82, 2.24) is 5.32 Å². The van der Waals surface area contributed by atoms with E-state index in [4.69, 9.17) is 0 Å². The molecule has 0 spiro atoms. The van der Waals surface area contributed by atoms with Gasteiger partial charge in [0.15, 0.2) is 0 Å². The fourth-order valence-electron chi connectivity index (χ4n) is 1.68. The van der Waals surface area contributed by atoms with E-state index in [-0.39, 0.29) is 5.91 Å². The number of thiophene rings is 1. The lowest BCUT2D eigenvalue weighted by atomic mass is 10.1. The summed E-state index contributed by atoms with van der Waals surface area (Å²) in [4.78, 5) is 11.8. The minimum Gasteiger partial charge on any atom is -0.355 e. The van der Waals surface area contributed by atoms with Crippen LogP contribution in [0.1, 0.15) is 11.1 Å².